The zero-order valence-electron chi connectivity index (χ0n) is 13.1. The van der Waals surface area contributed by atoms with Crippen molar-refractivity contribution in [1.82, 2.24) is 10.2 Å². The zero-order valence-corrected chi connectivity index (χ0v) is 13.1. The van der Waals surface area contributed by atoms with E-state index >= 15 is 0 Å². The number of aliphatic hydroxyl groups excluding tert-OH is 1. The van der Waals surface area contributed by atoms with E-state index in [0.29, 0.717) is 25.5 Å². The number of ether oxygens (including phenoxy) is 1. The van der Waals surface area contributed by atoms with Crippen LogP contribution in [0.15, 0.2) is 0 Å². The van der Waals surface area contributed by atoms with Gasteiger partial charge in [-0.3, -0.25) is 4.79 Å². The van der Waals surface area contributed by atoms with Crippen molar-refractivity contribution in [2.45, 2.75) is 52.0 Å². The van der Waals surface area contributed by atoms with E-state index in [2.05, 4.69) is 5.32 Å². The van der Waals surface area contributed by atoms with Crippen LogP contribution in [0.4, 0.5) is 4.79 Å². The van der Waals surface area contributed by atoms with E-state index < -0.39 is 6.09 Å². The zero-order chi connectivity index (χ0) is 15.7. The molecule has 2 amide bonds. The van der Waals surface area contributed by atoms with E-state index in [9.17, 15) is 9.59 Å². The van der Waals surface area contributed by atoms with Gasteiger partial charge in [-0.15, -0.1) is 0 Å². The van der Waals surface area contributed by atoms with Crippen LogP contribution in [0, 0.1) is 5.92 Å². The van der Waals surface area contributed by atoms with Crippen molar-refractivity contribution in [2.24, 2.45) is 5.92 Å². The fourth-order valence-corrected chi connectivity index (χ4v) is 2.81. The summed E-state index contributed by atoms with van der Waals surface area (Å²) in [6, 6.07) is -0.0673. The number of piperidine rings is 1. The highest BCUT2D eigenvalue weighted by Crippen LogP contribution is 2.22. The minimum Gasteiger partial charge on any atom is -0.450 e. The SMILES string of the molecule is CCCC(=O)N1CC(CCCO)CC(NC(=O)OCC)C1. The van der Waals surface area contributed by atoms with E-state index in [4.69, 9.17) is 9.84 Å². The molecule has 0 spiro atoms. The number of alkyl carbamates (subject to hydrolysis) is 1. The molecule has 2 N–H and O–H groups in total. The van der Waals surface area contributed by atoms with Crippen molar-refractivity contribution < 1.29 is 19.4 Å². The highest BCUT2D eigenvalue weighted by atomic mass is 16.5. The highest BCUT2D eigenvalue weighted by molar-refractivity contribution is 5.76. The molecule has 0 aromatic rings. The third kappa shape index (κ3) is 6.33. The van der Waals surface area contributed by atoms with E-state index in [0.717, 1.165) is 32.2 Å². The Morgan fingerprint density at radius 2 is 2.10 bits per heavy atom. The van der Waals surface area contributed by atoms with Gasteiger partial charge in [-0.05, 0) is 38.5 Å². The molecule has 122 valence electrons. The van der Waals surface area contributed by atoms with Crippen LogP contribution in [-0.2, 0) is 9.53 Å². The predicted octanol–water partition coefficient (Wildman–Crippen LogP) is 1.52. The molecular formula is C15H28N2O4. The van der Waals surface area contributed by atoms with Gasteiger partial charge in [-0.1, -0.05) is 6.92 Å². The second-order valence-electron chi connectivity index (χ2n) is 5.58. The molecule has 0 saturated carbocycles. The monoisotopic (exact) mass is 300 g/mol. The summed E-state index contributed by atoms with van der Waals surface area (Å²) in [5, 5.41) is 11.8. The molecule has 0 aromatic heterocycles. The van der Waals surface area contributed by atoms with Crippen LogP contribution in [0.3, 0.4) is 0 Å². The number of likely N-dealkylation sites (tertiary alicyclic amines) is 1. The minimum absolute atomic E-state index is 0.0673. The average Bonchev–Trinajstić information content (AvgIpc) is 2.45. The molecule has 0 aromatic carbocycles. The third-order valence-corrected chi connectivity index (χ3v) is 3.72. The fraction of sp³-hybridized carbons (Fsp3) is 0.867. The summed E-state index contributed by atoms with van der Waals surface area (Å²) in [5.74, 6) is 0.459. The van der Waals surface area contributed by atoms with Gasteiger partial charge >= 0.3 is 6.09 Å². The maximum atomic E-state index is 12.1. The molecule has 1 saturated heterocycles. The number of nitrogens with one attached hydrogen (secondary N) is 1. The first kappa shape index (κ1) is 17.8. The van der Waals surface area contributed by atoms with Crippen LogP contribution >= 0.6 is 0 Å². The molecule has 0 bridgehead atoms. The number of rotatable bonds is 7. The van der Waals surface area contributed by atoms with Gasteiger partial charge in [0.2, 0.25) is 5.91 Å². The molecule has 1 fully saturated rings. The topological polar surface area (TPSA) is 78.9 Å². The minimum atomic E-state index is -0.423. The Balaban J connectivity index is 2.60. The Kier molecular flexibility index (Phi) is 8.12. The van der Waals surface area contributed by atoms with Crippen molar-refractivity contribution in [1.29, 1.82) is 0 Å². The Bertz CT molecular complexity index is 336. The summed E-state index contributed by atoms with van der Waals surface area (Å²) in [7, 11) is 0. The largest absolute Gasteiger partial charge is 0.450 e. The lowest BCUT2D eigenvalue weighted by atomic mass is 9.90. The first-order valence-corrected chi connectivity index (χ1v) is 7.92. The summed E-state index contributed by atoms with van der Waals surface area (Å²) in [5.41, 5.74) is 0. The Labute approximate surface area is 126 Å². The number of hydrogen-bond donors (Lipinski definition) is 2. The van der Waals surface area contributed by atoms with Gasteiger partial charge in [0.25, 0.3) is 0 Å². The van der Waals surface area contributed by atoms with Gasteiger partial charge in [0.05, 0.1) is 12.6 Å². The molecule has 2 unspecified atom stereocenters. The predicted molar refractivity (Wildman–Crippen MR) is 79.9 cm³/mol. The van der Waals surface area contributed by atoms with E-state index in [1.165, 1.54) is 0 Å². The molecule has 0 radical (unpaired) electrons. The van der Waals surface area contributed by atoms with Gasteiger partial charge in [-0.25, -0.2) is 4.79 Å². The smallest absolute Gasteiger partial charge is 0.407 e. The molecule has 0 aliphatic carbocycles. The van der Waals surface area contributed by atoms with E-state index in [1.54, 1.807) is 6.92 Å². The lowest BCUT2D eigenvalue weighted by Crippen LogP contribution is -2.52. The van der Waals surface area contributed by atoms with Crippen molar-refractivity contribution >= 4 is 12.0 Å². The van der Waals surface area contributed by atoms with Gasteiger partial charge < -0.3 is 20.1 Å². The normalized spacial score (nSPS) is 22.0. The van der Waals surface area contributed by atoms with Crippen LogP contribution < -0.4 is 5.32 Å². The summed E-state index contributed by atoms with van der Waals surface area (Å²) < 4.78 is 4.91. The van der Waals surface area contributed by atoms with Crippen molar-refractivity contribution in [3.05, 3.63) is 0 Å². The molecular weight excluding hydrogens is 272 g/mol. The first-order valence-electron chi connectivity index (χ1n) is 7.92. The summed E-state index contributed by atoms with van der Waals surface area (Å²) >= 11 is 0. The molecule has 1 heterocycles. The third-order valence-electron chi connectivity index (χ3n) is 3.72. The van der Waals surface area contributed by atoms with Crippen LogP contribution in [0.25, 0.3) is 0 Å². The Morgan fingerprint density at radius 1 is 1.33 bits per heavy atom. The molecule has 1 aliphatic heterocycles. The lowest BCUT2D eigenvalue weighted by molar-refractivity contribution is -0.133. The second kappa shape index (κ2) is 9.60. The summed E-state index contributed by atoms with van der Waals surface area (Å²) in [6.07, 6.45) is 3.37. The van der Waals surface area contributed by atoms with Gasteiger partial charge in [0, 0.05) is 26.1 Å². The first-order chi connectivity index (χ1) is 10.1. The second-order valence-corrected chi connectivity index (χ2v) is 5.58. The number of nitrogens with zero attached hydrogens (tertiary/aromatic N) is 1. The molecule has 21 heavy (non-hydrogen) atoms. The lowest BCUT2D eigenvalue weighted by Gasteiger charge is -2.38. The molecule has 1 rings (SSSR count). The van der Waals surface area contributed by atoms with Gasteiger partial charge in [0.1, 0.15) is 0 Å². The average molecular weight is 300 g/mol. The molecule has 1 aliphatic rings. The number of carbonyl (C=O) groups excluding carboxylic acids is 2. The highest BCUT2D eigenvalue weighted by Gasteiger charge is 2.30. The standard InChI is InChI=1S/C15H28N2O4/c1-3-6-14(19)17-10-12(7-5-8-18)9-13(11-17)16-15(20)21-4-2/h12-13,18H,3-11H2,1-2H3,(H,16,20). The number of amides is 2. The van der Waals surface area contributed by atoms with Gasteiger partial charge in [0.15, 0.2) is 0 Å². The van der Waals surface area contributed by atoms with Crippen LogP contribution in [-0.4, -0.2) is 54.4 Å². The van der Waals surface area contributed by atoms with Gasteiger partial charge in [-0.2, -0.15) is 0 Å². The van der Waals surface area contributed by atoms with E-state index in [1.807, 2.05) is 11.8 Å². The Hall–Kier alpha value is -1.30. The number of carbonyl (C=O) groups is 2. The fourth-order valence-electron chi connectivity index (χ4n) is 2.81. The van der Waals surface area contributed by atoms with Crippen LogP contribution in [0.1, 0.15) is 46.0 Å². The quantitative estimate of drug-likeness (QED) is 0.747. The Morgan fingerprint density at radius 3 is 2.71 bits per heavy atom. The molecule has 6 nitrogen and oxygen atoms in total. The van der Waals surface area contributed by atoms with Crippen LogP contribution in [0.5, 0.6) is 0 Å². The molecule has 2 atom stereocenters. The van der Waals surface area contributed by atoms with Crippen LogP contribution in [0.2, 0.25) is 0 Å². The maximum Gasteiger partial charge on any atom is 0.407 e. The number of hydrogen-bond acceptors (Lipinski definition) is 4. The van der Waals surface area contributed by atoms with Crippen molar-refractivity contribution in [2.75, 3.05) is 26.3 Å². The van der Waals surface area contributed by atoms with Crippen molar-refractivity contribution in [3.63, 3.8) is 0 Å². The summed E-state index contributed by atoms with van der Waals surface area (Å²) in [4.78, 5) is 25.5. The summed E-state index contributed by atoms with van der Waals surface area (Å²) in [6.45, 7) is 5.52. The number of aliphatic hydroxyl groups is 1. The molecule has 6 heteroatoms. The van der Waals surface area contributed by atoms with Crippen molar-refractivity contribution in [3.8, 4) is 0 Å². The maximum absolute atomic E-state index is 12.1. The van der Waals surface area contributed by atoms with E-state index in [-0.39, 0.29) is 18.6 Å².